The smallest absolute Gasteiger partial charge is 0.223 e. The molecule has 1 amide bonds. The van der Waals surface area contributed by atoms with Gasteiger partial charge < -0.3 is 9.32 Å². The molecule has 1 saturated heterocycles. The van der Waals surface area contributed by atoms with E-state index in [1.807, 2.05) is 29.2 Å². The molecule has 1 fully saturated rings. The lowest BCUT2D eigenvalue weighted by atomic mass is 9.97. The van der Waals surface area contributed by atoms with Crippen LogP contribution in [0.2, 0.25) is 4.34 Å². The number of rotatable bonds is 5. The number of thiophene rings is 1. The summed E-state index contributed by atoms with van der Waals surface area (Å²) < 4.78 is 6.46. The largest absolute Gasteiger partial charge is 0.440 e. The number of piperidine rings is 1. The zero-order chi connectivity index (χ0) is 18.8. The van der Waals surface area contributed by atoms with Gasteiger partial charge in [-0.05, 0) is 37.1 Å². The first-order valence-electron chi connectivity index (χ1n) is 9.02. The number of oxazole rings is 1. The highest BCUT2D eigenvalue weighted by Gasteiger charge is 2.28. The van der Waals surface area contributed by atoms with Gasteiger partial charge in [0.25, 0.3) is 0 Å². The second-order valence-electron chi connectivity index (χ2n) is 6.73. The minimum Gasteiger partial charge on any atom is -0.440 e. The fraction of sp³-hybridized carbons (Fsp3) is 0.350. The molecule has 1 atom stereocenters. The van der Waals surface area contributed by atoms with Crippen LogP contribution in [0.4, 0.5) is 0 Å². The van der Waals surface area contributed by atoms with Gasteiger partial charge in [-0.2, -0.15) is 0 Å². The molecule has 5 nitrogen and oxygen atoms in total. The number of fused-ring (bicyclic) bond motifs is 1. The van der Waals surface area contributed by atoms with Gasteiger partial charge in [-0.25, -0.2) is 4.98 Å². The molecule has 0 N–H and O–H groups in total. The molecule has 140 valence electrons. The maximum atomic E-state index is 12.6. The molecule has 1 aliphatic rings. The van der Waals surface area contributed by atoms with Crippen molar-refractivity contribution in [1.82, 2.24) is 9.88 Å². The van der Waals surface area contributed by atoms with Crippen molar-refractivity contribution in [2.24, 2.45) is 0 Å². The monoisotopic (exact) mass is 402 g/mol. The third-order valence-electron chi connectivity index (χ3n) is 4.85. The summed E-state index contributed by atoms with van der Waals surface area (Å²) in [4.78, 5) is 31.8. The highest BCUT2D eigenvalue weighted by molar-refractivity contribution is 7.18. The van der Waals surface area contributed by atoms with Gasteiger partial charge >= 0.3 is 0 Å². The molecule has 1 aromatic carbocycles. The summed E-state index contributed by atoms with van der Waals surface area (Å²) in [6, 6.07) is 11.1. The first kappa shape index (κ1) is 18.2. The average molecular weight is 403 g/mol. The number of amides is 1. The number of carbonyl (C=O) groups excluding carboxylic acids is 2. The highest BCUT2D eigenvalue weighted by Crippen LogP contribution is 2.29. The molecule has 0 aliphatic carbocycles. The number of hydrogen-bond donors (Lipinski definition) is 0. The van der Waals surface area contributed by atoms with E-state index in [2.05, 4.69) is 4.98 Å². The number of Topliss-reactive ketones (excluding diaryl/α,β-unsaturated/α-hetero) is 1. The van der Waals surface area contributed by atoms with E-state index in [0.717, 1.165) is 23.9 Å². The number of ketones is 1. The third-order valence-corrected chi connectivity index (χ3v) is 6.12. The Morgan fingerprint density at radius 1 is 1.22 bits per heavy atom. The molecule has 1 unspecified atom stereocenters. The Morgan fingerprint density at radius 2 is 2.07 bits per heavy atom. The van der Waals surface area contributed by atoms with E-state index in [4.69, 9.17) is 16.0 Å². The number of para-hydroxylation sites is 2. The highest BCUT2D eigenvalue weighted by atomic mass is 35.5. The summed E-state index contributed by atoms with van der Waals surface area (Å²) in [5.74, 6) is 0.763. The van der Waals surface area contributed by atoms with Crippen molar-refractivity contribution < 1.29 is 14.0 Å². The van der Waals surface area contributed by atoms with Gasteiger partial charge in [-0.1, -0.05) is 23.7 Å². The van der Waals surface area contributed by atoms with Crippen molar-refractivity contribution in [3.8, 4) is 0 Å². The maximum Gasteiger partial charge on any atom is 0.223 e. The zero-order valence-corrected chi connectivity index (χ0v) is 16.3. The molecule has 7 heteroatoms. The van der Waals surface area contributed by atoms with E-state index in [9.17, 15) is 9.59 Å². The zero-order valence-electron chi connectivity index (χ0n) is 14.7. The van der Waals surface area contributed by atoms with Gasteiger partial charge in [0.05, 0.1) is 15.1 Å². The lowest BCUT2D eigenvalue weighted by molar-refractivity contribution is -0.132. The second-order valence-corrected chi connectivity index (χ2v) is 8.44. The first-order chi connectivity index (χ1) is 13.1. The van der Waals surface area contributed by atoms with Gasteiger partial charge in [0.1, 0.15) is 5.52 Å². The predicted molar refractivity (Wildman–Crippen MR) is 105 cm³/mol. The number of aromatic nitrogens is 1. The van der Waals surface area contributed by atoms with Crippen LogP contribution in [0.25, 0.3) is 11.1 Å². The quantitative estimate of drug-likeness (QED) is 0.568. The fourth-order valence-corrected chi connectivity index (χ4v) is 4.45. The molecule has 4 rings (SSSR count). The van der Waals surface area contributed by atoms with Gasteiger partial charge in [-0.15, -0.1) is 11.3 Å². The summed E-state index contributed by atoms with van der Waals surface area (Å²) >= 11 is 7.12. The van der Waals surface area contributed by atoms with Gasteiger partial charge in [0, 0.05) is 25.9 Å². The van der Waals surface area contributed by atoms with Crippen molar-refractivity contribution in [1.29, 1.82) is 0 Å². The van der Waals surface area contributed by atoms with Crippen LogP contribution in [0.5, 0.6) is 0 Å². The van der Waals surface area contributed by atoms with E-state index in [-0.39, 0.29) is 30.4 Å². The number of halogens is 1. The molecular formula is C20H19ClN2O3S. The molecule has 0 radical (unpaired) electrons. The Labute approximate surface area is 165 Å². The molecular weight excluding hydrogens is 384 g/mol. The van der Waals surface area contributed by atoms with Gasteiger partial charge in [-0.3, -0.25) is 9.59 Å². The topological polar surface area (TPSA) is 63.4 Å². The minimum atomic E-state index is -0.0345. The van der Waals surface area contributed by atoms with Crippen LogP contribution in [0.1, 0.15) is 47.2 Å². The summed E-state index contributed by atoms with van der Waals surface area (Å²) in [7, 11) is 0. The van der Waals surface area contributed by atoms with Crippen LogP contribution in [0.3, 0.4) is 0 Å². The van der Waals surface area contributed by atoms with Gasteiger partial charge in [0.2, 0.25) is 5.91 Å². The Morgan fingerprint density at radius 3 is 2.85 bits per heavy atom. The van der Waals surface area contributed by atoms with E-state index in [1.54, 1.807) is 12.1 Å². The Kier molecular flexibility index (Phi) is 5.27. The number of likely N-dealkylation sites (tertiary alicyclic amines) is 1. The van der Waals surface area contributed by atoms with Crippen molar-refractivity contribution >= 4 is 45.7 Å². The lowest BCUT2D eigenvalue weighted by Gasteiger charge is -2.31. The minimum absolute atomic E-state index is 0.00631. The van der Waals surface area contributed by atoms with Crippen LogP contribution in [0, 0.1) is 0 Å². The molecule has 3 aromatic rings. The van der Waals surface area contributed by atoms with Crippen LogP contribution in [-0.4, -0.2) is 34.7 Å². The fourth-order valence-electron chi connectivity index (χ4n) is 3.44. The molecule has 1 aliphatic heterocycles. The summed E-state index contributed by atoms with van der Waals surface area (Å²) in [6.07, 6.45) is 2.28. The summed E-state index contributed by atoms with van der Waals surface area (Å²) in [5.41, 5.74) is 1.62. The standard InChI is InChI=1S/C20H19ClN2O3S/c21-18-9-8-17(27-18)15(24)7-10-19(25)23-11-3-4-13(12-23)20-22-14-5-1-2-6-16(14)26-20/h1-2,5-6,8-9,13H,3-4,7,10-12H2. The molecule has 0 saturated carbocycles. The molecule has 2 aromatic heterocycles. The normalized spacial score (nSPS) is 17.4. The Hall–Kier alpha value is -2.18. The lowest BCUT2D eigenvalue weighted by Crippen LogP contribution is -2.39. The van der Waals surface area contributed by atoms with Crippen LogP contribution in [0.15, 0.2) is 40.8 Å². The van der Waals surface area contributed by atoms with Crippen molar-refractivity contribution in [3.05, 3.63) is 51.5 Å². The van der Waals surface area contributed by atoms with Crippen molar-refractivity contribution in [2.45, 2.75) is 31.6 Å². The van der Waals surface area contributed by atoms with E-state index in [1.165, 1.54) is 11.3 Å². The van der Waals surface area contributed by atoms with Gasteiger partial charge in [0.15, 0.2) is 17.3 Å². The number of carbonyl (C=O) groups is 2. The Bertz CT molecular complexity index is 947. The number of benzene rings is 1. The molecule has 3 heterocycles. The van der Waals surface area contributed by atoms with Crippen molar-refractivity contribution in [2.75, 3.05) is 13.1 Å². The van der Waals surface area contributed by atoms with E-state index < -0.39 is 0 Å². The third kappa shape index (κ3) is 4.06. The number of nitrogens with zero attached hydrogens (tertiary/aromatic N) is 2. The molecule has 0 bridgehead atoms. The van der Waals surface area contributed by atoms with Crippen LogP contribution >= 0.6 is 22.9 Å². The average Bonchev–Trinajstić information content (AvgIpc) is 3.32. The summed E-state index contributed by atoms with van der Waals surface area (Å²) in [6.45, 7) is 1.30. The second kappa shape index (κ2) is 7.82. The Balaban J connectivity index is 1.37. The van der Waals surface area contributed by atoms with E-state index >= 15 is 0 Å². The first-order valence-corrected chi connectivity index (χ1v) is 10.2. The van der Waals surface area contributed by atoms with E-state index in [0.29, 0.717) is 28.2 Å². The van der Waals surface area contributed by atoms with Crippen LogP contribution in [-0.2, 0) is 4.79 Å². The van der Waals surface area contributed by atoms with Crippen molar-refractivity contribution in [3.63, 3.8) is 0 Å². The maximum absolute atomic E-state index is 12.6. The summed E-state index contributed by atoms with van der Waals surface area (Å²) in [5, 5.41) is 0. The molecule has 0 spiro atoms. The molecule has 27 heavy (non-hydrogen) atoms. The van der Waals surface area contributed by atoms with Crippen LogP contribution < -0.4 is 0 Å². The SMILES string of the molecule is O=C(CCC(=O)N1CCCC(c2nc3ccccc3o2)C1)c1ccc(Cl)s1. The predicted octanol–water partition coefficient (Wildman–Crippen LogP) is 4.91. The number of hydrogen-bond acceptors (Lipinski definition) is 5.